The average molecular weight is 371 g/mol. The summed E-state index contributed by atoms with van der Waals surface area (Å²) < 4.78 is 26.8. The number of anilines is 1. The highest BCUT2D eigenvalue weighted by atomic mass is 19.1. The van der Waals surface area contributed by atoms with Crippen molar-refractivity contribution in [2.75, 3.05) is 25.0 Å². The van der Waals surface area contributed by atoms with E-state index in [1.165, 1.54) is 42.5 Å². The maximum Gasteiger partial charge on any atom is 0.255 e. The number of nitrogens with zero attached hydrogens (tertiary/aromatic N) is 2. The molecule has 0 radical (unpaired) electrons. The molecule has 2 aromatic rings. The van der Waals surface area contributed by atoms with Gasteiger partial charge in [0.05, 0.1) is 11.3 Å². The zero-order chi connectivity index (χ0) is 19.2. The van der Waals surface area contributed by atoms with Crippen molar-refractivity contribution in [1.29, 1.82) is 0 Å². The minimum atomic E-state index is -0.655. The van der Waals surface area contributed by atoms with Gasteiger partial charge in [0.25, 0.3) is 11.8 Å². The van der Waals surface area contributed by atoms with Gasteiger partial charge in [0.15, 0.2) is 0 Å². The minimum absolute atomic E-state index is 0.166. The number of amides is 2. The van der Waals surface area contributed by atoms with E-state index in [1.54, 1.807) is 4.90 Å². The molecule has 1 N–H and O–H groups in total. The van der Waals surface area contributed by atoms with Gasteiger partial charge in [-0.1, -0.05) is 0 Å². The van der Waals surface area contributed by atoms with Gasteiger partial charge >= 0.3 is 0 Å². The average Bonchev–Trinajstić information content (AvgIpc) is 2.67. The standard InChI is InChI=1S/C20H19F2N3O2/c1-24-17-12-15(22)6-7-16(17)18(26)23-20(24)8-10-25(11-9-20)19(27)13-2-4-14(21)5-3-13/h2-7,12H,8-11H2,1H3,(H,23,26). The number of nitrogens with one attached hydrogen (secondary N) is 1. The number of likely N-dealkylation sites (tertiary alicyclic amines) is 1. The van der Waals surface area contributed by atoms with E-state index in [1.807, 2.05) is 11.9 Å². The predicted octanol–water partition coefficient (Wildman–Crippen LogP) is 2.78. The van der Waals surface area contributed by atoms with Crippen molar-refractivity contribution in [3.05, 3.63) is 65.2 Å². The number of halogens is 2. The van der Waals surface area contributed by atoms with Gasteiger partial charge in [-0.15, -0.1) is 0 Å². The van der Waals surface area contributed by atoms with Crippen molar-refractivity contribution < 1.29 is 18.4 Å². The Morgan fingerprint density at radius 3 is 2.33 bits per heavy atom. The molecule has 0 atom stereocenters. The molecule has 0 aliphatic carbocycles. The summed E-state index contributed by atoms with van der Waals surface area (Å²) in [7, 11) is 1.83. The van der Waals surface area contributed by atoms with Crippen LogP contribution >= 0.6 is 0 Å². The van der Waals surface area contributed by atoms with E-state index in [0.29, 0.717) is 42.7 Å². The van der Waals surface area contributed by atoms with Crippen LogP contribution in [0, 0.1) is 11.6 Å². The molecule has 5 nitrogen and oxygen atoms in total. The molecule has 0 bridgehead atoms. The Morgan fingerprint density at radius 1 is 1.04 bits per heavy atom. The van der Waals surface area contributed by atoms with Crippen LogP contribution in [0.3, 0.4) is 0 Å². The molecule has 27 heavy (non-hydrogen) atoms. The van der Waals surface area contributed by atoms with Crippen molar-refractivity contribution in [2.24, 2.45) is 0 Å². The molecule has 1 fully saturated rings. The van der Waals surface area contributed by atoms with Crippen LogP contribution in [-0.2, 0) is 0 Å². The van der Waals surface area contributed by atoms with Gasteiger partial charge in [-0.3, -0.25) is 9.59 Å². The fourth-order valence-electron chi connectivity index (χ4n) is 3.88. The highest BCUT2D eigenvalue weighted by molar-refractivity contribution is 6.02. The third kappa shape index (κ3) is 2.93. The number of benzene rings is 2. The van der Waals surface area contributed by atoms with E-state index in [2.05, 4.69) is 5.32 Å². The van der Waals surface area contributed by atoms with Gasteiger partial charge in [0.1, 0.15) is 17.3 Å². The molecule has 0 aromatic heterocycles. The van der Waals surface area contributed by atoms with E-state index in [4.69, 9.17) is 0 Å². The molecule has 2 heterocycles. The lowest BCUT2D eigenvalue weighted by atomic mass is 9.90. The molecular weight excluding hydrogens is 352 g/mol. The quantitative estimate of drug-likeness (QED) is 0.839. The Hall–Kier alpha value is -2.96. The molecule has 0 unspecified atom stereocenters. The Bertz CT molecular complexity index is 906. The van der Waals surface area contributed by atoms with Crippen molar-refractivity contribution in [2.45, 2.75) is 18.5 Å². The third-order valence-electron chi connectivity index (χ3n) is 5.52. The van der Waals surface area contributed by atoms with E-state index in [9.17, 15) is 18.4 Å². The zero-order valence-electron chi connectivity index (χ0n) is 14.8. The minimum Gasteiger partial charge on any atom is -0.351 e. The van der Waals surface area contributed by atoms with Gasteiger partial charge in [-0.05, 0) is 42.5 Å². The van der Waals surface area contributed by atoms with Gasteiger partial charge < -0.3 is 15.1 Å². The molecule has 2 amide bonds. The maximum atomic E-state index is 13.7. The second-order valence-electron chi connectivity index (χ2n) is 7.01. The SMILES string of the molecule is CN1c2cc(F)ccc2C(=O)NC12CCN(C(=O)c1ccc(F)cc1)CC2. The normalized spacial score (nSPS) is 18.3. The smallest absolute Gasteiger partial charge is 0.255 e. The summed E-state index contributed by atoms with van der Waals surface area (Å²) in [6.45, 7) is 0.872. The fourth-order valence-corrected chi connectivity index (χ4v) is 3.88. The number of carbonyl (C=O) groups excluding carboxylic acids is 2. The lowest BCUT2D eigenvalue weighted by molar-refractivity contribution is 0.0609. The Morgan fingerprint density at radius 2 is 1.67 bits per heavy atom. The predicted molar refractivity (Wildman–Crippen MR) is 96.5 cm³/mol. The lowest BCUT2D eigenvalue weighted by Crippen LogP contribution is -2.67. The van der Waals surface area contributed by atoms with Crippen molar-refractivity contribution in [1.82, 2.24) is 10.2 Å². The number of hydrogen-bond donors (Lipinski definition) is 1. The molecule has 7 heteroatoms. The van der Waals surface area contributed by atoms with Gasteiger partial charge in [-0.25, -0.2) is 8.78 Å². The van der Waals surface area contributed by atoms with Crippen LogP contribution in [-0.4, -0.2) is 42.5 Å². The number of carbonyl (C=O) groups is 2. The zero-order valence-corrected chi connectivity index (χ0v) is 14.8. The van der Waals surface area contributed by atoms with Crippen LogP contribution in [0.15, 0.2) is 42.5 Å². The summed E-state index contributed by atoms with van der Waals surface area (Å²) in [5.74, 6) is -1.18. The monoisotopic (exact) mass is 371 g/mol. The van der Waals surface area contributed by atoms with E-state index < -0.39 is 11.5 Å². The van der Waals surface area contributed by atoms with Crippen molar-refractivity contribution in [3.63, 3.8) is 0 Å². The Balaban J connectivity index is 1.54. The second-order valence-corrected chi connectivity index (χ2v) is 7.01. The van der Waals surface area contributed by atoms with Crippen LogP contribution in [0.2, 0.25) is 0 Å². The van der Waals surface area contributed by atoms with E-state index in [0.717, 1.165) is 0 Å². The Kier molecular flexibility index (Phi) is 4.09. The topological polar surface area (TPSA) is 52.7 Å². The summed E-state index contributed by atoms with van der Waals surface area (Å²) in [6, 6.07) is 9.58. The molecule has 2 aromatic carbocycles. The molecule has 2 aliphatic rings. The van der Waals surface area contributed by atoms with Gasteiger partial charge in [0.2, 0.25) is 0 Å². The van der Waals surface area contributed by atoms with Crippen LogP contribution in [0.5, 0.6) is 0 Å². The molecule has 4 rings (SSSR count). The van der Waals surface area contributed by atoms with Gasteiger partial charge in [-0.2, -0.15) is 0 Å². The first kappa shape index (κ1) is 17.5. The Labute approximate surface area is 155 Å². The molecule has 0 saturated carbocycles. The lowest BCUT2D eigenvalue weighted by Gasteiger charge is -2.51. The summed E-state index contributed by atoms with van der Waals surface area (Å²) in [5, 5.41) is 3.04. The van der Waals surface area contributed by atoms with Crippen molar-refractivity contribution in [3.8, 4) is 0 Å². The first-order valence-corrected chi connectivity index (χ1v) is 8.80. The highest BCUT2D eigenvalue weighted by Crippen LogP contribution is 2.36. The molecule has 140 valence electrons. The van der Waals surface area contributed by atoms with Crippen LogP contribution in [0.1, 0.15) is 33.6 Å². The summed E-state index contributed by atoms with van der Waals surface area (Å²) in [6.07, 6.45) is 1.02. The first-order valence-electron chi connectivity index (χ1n) is 8.80. The number of rotatable bonds is 1. The third-order valence-corrected chi connectivity index (χ3v) is 5.52. The van der Waals surface area contributed by atoms with Crippen LogP contribution < -0.4 is 10.2 Å². The van der Waals surface area contributed by atoms with Crippen molar-refractivity contribution >= 4 is 17.5 Å². The maximum absolute atomic E-state index is 13.7. The first-order chi connectivity index (χ1) is 12.9. The largest absolute Gasteiger partial charge is 0.351 e. The summed E-state index contributed by atoms with van der Waals surface area (Å²) in [4.78, 5) is 28.7. The second kappa shape index (κ2) is 6.33. The van der Waals surface area contributed by atoms with E-state index in [-0.39, 0.29) is 17.6 Å². The summed E-state index contributed by atoms with van der Waals surface area (Å²) in [5.41, 5.74) is 0.768. The molecule has 2 aliphatic heterocycles. The highest BCUT2D eigenvalue weighted by Gasteiger charge is 2.45. The molecular formula is C20H19F2N3O2. The van der Waals surface area contributed by atoms with Crippen LogP contribution in [0.4, 0.5) is 14.5 Å². The fraction of sp³-hybridized carbons (Fsp3) is 0.300. The molecule has 1 spiro atoms. The summed E-state index contributed by atoms with van der Waals surface area (Å²) >= 11 is 0. The number of fused-ring (bicyclic) bond motifs is 1. The molecule has 1 saturated heterocycles. The van der Waals surface area contributed by atoms with E-state index >= 15 is 0 Å². The van der Waals surface area contributed by atoms with Gasteiger partial charge in [0, 0.05) is 38.5 Å². The number of piperidine rings is 1. The van der Waals surface area contributed by atoms with Crippen LogP contribution in [0.25, 0.3) is 0 Å². The number of hydrogen-bond acceptors (Lipinski definition) is 3.